The van der Waals surface area contributed by atoms with Gasteiger partial charge in [0.05, 0.1) is 11.6 Å². The maximum Gasteiger partial charge on any atom is 0.416 e. The zero-order chi connectivity index (χ0) is 23.4. The number of carbonyl (C=O) groups excluding carboxylic acids is 1. The Morgan fingerprint density at radius 2 is 1.76 bits per heavy atom. The largest absolute Gasteiger partial charge is 0.416 e. The van der Waals surface area contributed by atoms with Gasteiger partial charge in [-0.3, -0.25) is 9.69 Å². The third kappa shape index (κ3) is 5.54. The van der Waals surface area contributed by atoms with Gasteiger partial charge in [0.25, 0.3) is 0 Å². The van der Waals surface area contributed by atoms with E-state index in [9.17, 15) is 18.0 Å². The summed E-state index contributed by atoms with van der Waals surface area (Å²) >= 11 is 0. The second-order valence-corrected chi connectivity index (χ2v) is 8.49. The number of nitrogens with zero attached hydrogens (tertiary/aromatic N) is 1. The van der Waals surface area contributed by atoms with E-state index in [4.69, 9.17) is 0 Å². The minimum atomic E-state index is -4.33. The number of likely N-dealkylation sites (tertiary alicyclic amines) is 1. The molecule has 2 N–H and O–H groups in total. The van der Waals surface area contributed by atoms with Crippen LogP contribution < -0.4 is 10.6 Å². The molecule has 1 aliphatic heterocycles. The van der Waals surface area contributed by atoms with Crippen LogP contribution in [0.1, 0.15) is 30.0 Å². The highest BCUT2D eigenvalue weighted by Gasteiger charge is 2.36. The maximum absolute atomic E-state index is 12.8. The van der Waals surface area contributed by atoms with Crippen LogP contribution in [0.2, 0.25) is 0 Å². The summed E-state index contributed by atoms with van der Waals surface area (Å²) in [7, 11) is 0. The standard InChI is InChI=1S/C26H28F3N3O/c1-2-30-25(33)24-14-22(31-15-18-10-12-21(13-11-18)26(27,28)29)17-32(24)16-20-8-5-7-19-6-3-4-9-23(19)20/h3-13,22,24,31H,2,14-17H2,1H3,(H,30,33)/t22-,24-/m0/s1. The summed E-state index contributed by atoms with van der Waals surface area (Å²) in [5.41, 5.74) is 1.31. The summed E-state index contributed by atoms with van der Waals surface area (Å²) in [4.78, 5) is 15.0. The highest BCUT2D eigenvalue weighted by molar-refractivity contribution is 5.86. The predicted molar refractivity (Wildman–Crippen MR) is 124 cm³/mol. The van der Waals surface area contributed by atoms with E-state index in [2.05, 4.69) is 39.8 Å². The molecule has 3 aromatic carbocycles. The highest BCUT2D eigenvalue weighted by Crippen LogP contribution is 2.29. The van der Waals surface area contributed by atoms with Crippen molar-refractivity contribution >= 4 is 16.7 Å². The van der Waals surface area contributed by atoms with Crippen LogP contribution in [0.25, 0.3) is 10.8 Å². The van der Waals surface area contributed by atoms with E-state index in [1.165, 1.54) is 28.5 Å². The molecule has 4 nitrogen and oxygen atoms in total. The Hall–Kier alpha value is -2.90. The number of fused-ring (bicyclic) bond motifs is 1. The quantitative estimate of drug-likeness (QED) is 0.542. The number of halogens is 3. The van der Waals surface area contributed by atoms with Gasteiger partial charge in [0, 0.05) is 32.2 Å². The van der Waals surface area contributed by atoms with E-state index in [1.807, 2.05) is 25.1 Å². The SMILES string of the molecule is CCNC(=O)[C@@H]1C[C@H](NCc2ccc(C(F)(F)F)cc2)CN1Cc1cccc2ccccc12. The highest BCUT2D eigenvalue weighted by atomic mass is 19.4. The third-order valence-corrected chi connectivity index (χ3v) is 6.19. The normalized spacial score (nSPS) is 19.2. The van der Waals surface area contributed by atoms with Crippen molar-refractivity contribution in [3.05, 3.63) is 83.4 Å². The Morgan fingerprint density at radius 3 is 2.48 bits per heavy atom. The average molecular weight is 456 g/mol. The van der Waals surface area contributed by atoms with Crippen LogP contribution in [0, 0.1) is 0 Å². The van der Waals surface area contributed by atoms with E-state index in [0.29, 0.717) is 32.6 Å². The van der Waals surface area contributed by atoms with Crippen LogP contribution in [-0.2, 0) is 24.1 Å². The molecule has 7 heteroatoms. The average Bonchev–Trinajstić information content (AvgIpc) is 3.21. The number of benzene rings is 3. The molecule has 0 saturated carbocycles. The molecule has 0 unspecified atom stereocenters. The van der Waals surface area contributed by atoms with Gasteiger partial charge >= 0.3 is 6.18 Å². The van der Waals surface area contributed by atoms with Crippen molar-refractivity contribution < 1.29 is 18.0 Å². The van der Waals surface area contributed by atoms with E-state index >= 15 is 0 Å². The summed E-state index contributed by atoms with van der Waals surface area (Å²) in [6.07, 6.45) is -3.68. The van der Waals surface area contributed by atoms with Crippen molar-refractivity contribution in [3.8, 4) is 0 Å². The molecule has 174 valence electrons. The number of amides is 1. The van der Waals surface area contributed by atoms with Crippen LogP contribution in [0.4, 0.5) is 13.2 Å². The number of nitrogens with one attached hydrogen (secondary N) is 2. The van der Waals surface area contributed by atoms with Gasteiger partial charge < -0.3 is 10.6 Å². The van der Waals surface area contributed by atoms with Crippen molar-refractivity contribution in [1.82, 2.24) is 15.5 Å². The van der Waals surface area contributed by atoms with Gasteiger partial charge in [0.1, 0.15) is 0 Å². The Labute approximate surface area is 191 Å². The number of hydrogen-bond donors (Lipinski definition) is 2. The van der Waals surface area contributed by atoms with Crippen LogP contribution >= 0.6 is 0 Å². The van der Waals surface area contributed by atoms with Crippen molar-refractivity contribution in [2.24, 2.45) is 0 Å². The Balaban J connectivity index is 1.46. The minimum absolute atomic E-state index is 0.0107. The molecule has 1 saturated heterocycles. The van der Waals surface area contributed by atoms with Gasteiger partial charge in [0.2, 0.25) is 5.91 Å². The first-order valence-electron chi connectivity index (χ1n) is 11.2. The van der Waals surface area contributed by atoms with Crippen LogP contribution in [0.5, 0.6) is 0 Å². The van der Waals surface area contributed by atoms with E-state index in [1.54, 1.807) is 0 Å². The molecule has 0 bridgehead atoms. The summed E-state index contributed by atoms with van der Waals surface area (Å²) in [6, 6.07) is 19.5. The van der Waals surface area contributed by atoms with Gasteiger partial charge in [-0.25, -0.2) is 0 Å². The lowest BCUT2D eigenvalue weighted by Crippen LogP contribution is -2.42. The van der Waals surface area contributed by atoms with Crippen LogP contribution in [-0.4, -0.2) is 36.0 Å². The van der Waals surface area contributed by atoms with Gasteiger partial charge in [-0.15, -0.1) is 0 Å². The molecular weight excluding hydrogens is 427 g/mol. The lowest BCUT2D eigenvalue weighted by molar-refractivity contribution is -0.137. The van der Waals surface area contributed by atoms with Gasteiger partial charge in [-0.1, -0.05) is 54.6 Å². The minimum Gasteiger partial charge on any atom is -0.355 e. The fourth-order valence-electron chi connectivity index (χ4n) is 4.51. The van der Waals surface area contributed by atoms with Crippen LogP contribution in [0.15, 0.2) is 66.7 Å². The monoisotopic (exact) mass is 455 g/mol. The van der Waals surface area contributed by atoms with Gasteiger partial charge in [0.15, 0.2) is 0 Å². The lowest BCUT2D eigenvalue weighted by Gasteiger charge is -2.24. The molecule has 0 spiro atoms. The third-order valence-electron chi connectivity index (χ3n) is 6.19. The number of alkyl halides is 3. The zero-order valence-electron chi connectivity index (χ0n) is 18.5. The molecule has 0 radical (unpaired) electrons. The second-order valence-electron chi connectivity index (χ2n) is 8.49. The molecule has 0 aliphatic carbocycles. The van der Waals surface area contributed by atoms with E-state index < -0.39 is 11.7 Å². The van der Waals surface area contributed by atoms with E-state index in [-0.39, 0.29) is 18.0 Å². The molecule has 33 heavy (non-hydrogen) atoms. The number of rotatable bonds is 7. The maximum atomic E-state index is 12.8. The number of carbonyl (C=O) groups is 1. The molecule has 1 aliphatic rings. The van der Waals surface area contributed by atoms with Crippen molar-refractivity contribution in [2.45, 2.75) is 44.7 Å². The molecule has 1 amide bonds. The molecule has 1 fully saturated rings. The Kier molecular flexibility index (Phi) is 7.00. The Morgan fingerprint density at radius 1 is 1.03 bits per heavy atom. The summed E-state index contributed by atoms with van der Waals surface area (Å²) in [5, 5.41) is 8.72. The summed E-state index contributed by atoms with van der Waals surface area (Å²) in [6.45, 7) is 4.27. The molecule has 0 aromatic heterocycles. The fourth-order valence-corrected chi connectivity index (χ4v) is 4.51. The smallest absolute Gasteiger partial charge is 0.355 e. The topological polar surface area (TPSA) is 44.4 Å². The second kappa shape index (κ2) is 9.93. The molecule has 4 rings (SSSR count). The predicted octanol–water partition coefficient (Wildman–Crippen LogP) is 4.73. The number of hydrogen-bond acceptors (Lipinski definition) is 3. The summed E-state index contributed by atoms with van der Waals surface area (Å²) < 4.78 is 38.4. The van der Waals surface area contributed by atoms with Gasteiger partial charge in [-0.2, -0.15) is 13.2 Å². The van der Waals surface area contributed by atoms with Crippen molar-refractivity contribution in [1.29, 1.82) is 0 Å². The summed E-state index contributed by atoms with van der Waals surface area (Å²) in [5.74, 6) is 0.0107. The van der Waals surface area contributed by atoms with Crippen molar-refractivity contribution in [3.63, 3.8) is 0 Å². The molecule has 3 aromatic rings. The Bertz CT molecular complexity index is 1090. The first kappa shape index (κ1) is 23.3. The van der Waals surface area contributed by atoms with Gasteiger partial charge in [-0.05, 0) is 47.4 Å². The van der Waals surface area contributed by atoms with Crippen molar-refractivity contribution in [2.75, 3.05) is 13.1 Å². The molecule has 2 atom stereocenters. The zero-order valence-corrected chi connectivity index (χ0v) is 18.5. The lowest BCUT2D eigenvalue weighted by atomic mass is 10.0. The first-order chi connectivity index (χ1) is 15.8. The molecule has 1 heterocycles. The fraction of sp³-hybridized carbons (Fsp3) is 0.346. The molecular formula is C26H28F3N3O. The van der Waals surface area contributed by atoms with Crippen LogP contribution in [0.3, 0.4) is 0 Å². The first-order valence-corrected chi connectivity index (χ1v) is 11.2. The van der Waals surface area contributed by atoms with E-state index in [0.717, 1.165) is 17.7 Å². The number of likely N-dealkylation sites (N-methyl/N-ethyl adjacent to an activating group) is 1.